The Labute approximate surface area is 215 Å². The van der Waals surface area contributed by atoms with Crippen molar-refractivity contribution < 1.29 is 26.7 Å². The van der Waals surface area contributed by atoms with Crippen LogP contribution >= 0.6 is 11.6 Å². The largest absolute Gasteiger partial charge is 0.493 e. The summed E-state index contributed by atoms with van der Waals surface area (Å²) >= 11 is 5.97. The molecule has 11 heteroatoms. The van der Waals surface area contributed by atoms with Gasteiger partial charge in [0.25, 0.3) is 0 Å². The number of piperazine rings is 1. The summed E-state index contributed by atoms with van der Waals surface area (Å²) in [6, 6.07) is 9.39. The van der Waals surface area contributed by atoms with Crippen LogP contribution in [0.15, 0.2) is 47.4 Å². The van der Waals surface area contributed by atoms with Crippen LogP contribution in [0.1, 0.15) is 19.3 Å². The van der Waals surface area contributed by atoms with E-state index in [1.165, 1.54) is 4.31 Å². The second-order valence-electron chi connectivity index (χ2n) is 9.62. The number of likely N-dealkylation sites (N-methyl/N-ethyl adjacent to an activating group) is 1. The molecule has 0 radical (unpaired) electrons. The van der Waals surface area contributed by atoms with Crippen molar-refractivity contribution in [1.29, 1.82) is 0 Å². The smallest absolute Gasteiger partial charge is 0.243 e. The lowest BCUT2D eigenvalue weighted by atomic mass is 9.78. The van der Waals surface area contributed by atoms with E-state index in [1.807, 2.05) is 11.9 Å². The molecule has 2 aromatic rings. The summed E-state index contributed by atoms with van der Waals surface area (Å²) in [5.74, 6) is -1.83. The molecule has 0 unspecified atom stereocenters. The van der Waals surface area contributed by atoms with Crippen molar-refractivity contribution in [2.24, 2.45) is 5.41 Å². The van der Waals surface area contributed by atoms with Crippen molar-refractivity contribution in [3.05, 3.63) is 59.1 Å². The molecular formula is C25H30ClF2N3O4S. The van der Waals surface area contributed by atoms with Crippen molar-refractivity contribution in [2.45, 2.75) is 24.2 Å². The van der Waals surface area contributed by atoms with Gasteiger partial charge in [-0.25, -0.2) is 17.2 Å². The number of ether oxygens (including phenoxy) is 1. The summed E-state index contributed by atoms with van der Waals surface area (Å²) in [6.45, 7) is 3.14. The summed E-state index contributed by atoms with van der Waals surface area (Å²) in [4.78, 5) is 17.0. The molecule has 0 spiro atoms. The highest BCUT2D eigenvalue weighted by Gasteiger charge is 2.43. The van der Waals surface area contributed by atoms with Crippen molar-refractivity contribution in [3.63, 3.8) is 0 Å². The quantitative estimate of drug-likeness (QED) is 0.535. The maximum Gasteiger partial charge on any atom is 0.243 e. The maximum absolute atomic E-state index is 13.8. The van der Waals surface area contributed by atoms with Crippen LogP contribution in [0.2, 0.25) is 5.02 Å². The molecule has 0 N–H and O–H groups in total. The lowest BCUT2D eigenvalue weighted by Gasteiger charge is -2.43. The number of hydrogen-bond donors (Lipinski definition) is 0. The van der Waals surface area contributed by atoms with Gasteiger partial charge < -0.3 is 14.5 Å². The predicted octanol–water partition coefficient (Wildman–Crippen LogP) is 3.63. The molecule has 1 atom stereocenters. The maximum atomic E-state index is 13.8. The lowest BCUT2D eigenvalue weighted by molar-refractivity contribution is -0.136. The number of nitrogens with zero attached hydrogens (tertiary/aromatic N) is 3. The van der Waals surface area contributed by atoms with E-state index in [-0.39, 0.29) is 36.9 Å². The third-order valence-electron chi connectivity index (χ3n) is 6.90. The average Bonchev–Trinajstić information content (AvgIpc) is 2.86. The summed E-state index contributed by atoms with van der Waals surface area (Å²) in [6.07, 6.45) is 1.21. The van der Waals surface area contributed by atoms with Gasteiger partial charge >= 0.3 is 0 Å². The Morgan fingerprint density at radius 1 is 1.03 bits per heavy atom. The van der Waals surface area contributed by atoms with Crippen molar-refractivity contribution in [2.75, 3.05) is 52.9 Å². The number of rotatable bonds is 7. The zero-order chi connectivity index (χ0) is 25.9. The molecular weight excluding hydrogens is 512 g/mol. The number of carbonyl (C=O) groups is 1. The van der Waals surface area contributed by atoms with Crippen molar-refractivity contribution >= 4 is 27.5 Å². The first kappa shape index (κ1) is 26.8. The predicted molar refractivity (Wildman–Crippen MR) is 132 cm³/mol. The third-order valence-corrected chi connectivity index (χ3v) is 8.99. The molecule has 2 aliphatic heterocycles. The van der Waals surface area contributed by atoms with Gasteiger partial charge in [0.05, 0.1) is 11.5 Å². The molecule has 7 nitrogen and oxygen atoms in total. The SMILES string of the molecule is CN1CCN(C(=O)C[C@@]2(COc3ccc(Cl)cc3)CCCN(S(=O)(=O)c3ccc(F)c(F)c3)C2)CC1. The Morgan fingerprint density at radius 3 is 2.39 bits per heavy atom. The Kier molecular flexibility index (Phi) is 8.18. The fourth-order valence-electron chi connectivity index (χ4n) is 4.72. The van der Waals surface area contributed by atoms with Gasteiger partial charge in [-0.05, 0) is 62.4 Å². The highest BCUT2D eigenvalue weighted by molar-refractivity contribution is 7.89. The minimum atomic E-state index is -4.11. The number of benzene rings is 2. The molecule has 4 rings (SSSR count). The van der Waals surface area contributed by atoms with Gasteiger partial charge in [0.1, 0.15) is 5.75 Å². The van der Waals surface area contributed by atoms with E-state index in [4.69, 9.17) is 16.3 Å². The van der Waals surface area contributed by atoms with Crippen LogP contribution in [-0.2, 0) is 14.8 Å². The highest BCUT2D eigenvalue weighted by atomic mass is 35.5. The number of piperidine rings is 1. The number of sulfonamides is 1. The number of hydrogen-bond acceptors (Lipinski definition) is 5. The van der Waals surface area contributed by atoms with Crippen LogP contribution < -0.4 is 4.74 Å². The fourth-order valence-corrected chi connectivity index (χ4v) is 6.45. The molecule has 0 bridgehead atoms. The van der Waals surface area contributed by atoms with Gasteiger partial charge in [0.2, 0.25) is 15.9 Å². The molecule has 2 heterocycles. The minimum absolute atomic E-state index is 0.0292. The number of carbonyl (C=O) groups excluding carboxylic acids is 1. The Bertz CT molecular complexity index is 1190. The summed E-state index contributed by atoms with van der Waals surface area (Å²) in [7, 11) is -2.10. The van der Waals surface area contributed by atoms with E-state index in [1.54, 1.807) is 24.3 Å². The van der Waals surface area contributed by atoms with Crippen molar-refractivity contribution in [3.8, 4) is 5.75 Å². The first-order chi connectivity index (χ1) is 17.1. The normalized spacial score (nSPS) is 21.9. The molecule has 36 heavy (non-hydrogen) atoms. The van der Waals surface area contributed by atoms with E-state index in [0.717, 1.165) is 25.2 Å². The van der Waals surface area contributed by atoms with Crippen LogP contribution in [0.4, 0.5) is 8.78 Å². The molecule has 1 amide bonds. The first-order valence-corrected chi connectivity index (χ1v) is 13.7. The molecule has 2 aromatic carbocycles. The number of amides is 1. The lowest BCUT2D eigenvalue weighted by Crippen LogP contribution is -2.53. The standard InChI is InChI=1S/C25H30ClF2N3O4S/c1-29-11-13-30(14-12-29)24(32)16-25(18-35-20-5-3-19(26)4-6-20)9-2-10-31(17-25)36(33,34)21-7-8-22(27)23(28)15-21/h3-8,15H,2,9-14,16-18H2,1H3/t25-/m0/s1. The van der Waals surface area contributed by atoms with E-state index in [9.17, 15) is 22.0 Å². The highest BCUT2D eigenvalue weighted by Crippen LogP contribution is 2.37. The second-order valence-corrected chi connectivity index (χ2v) is 12.0. The van der Waals surface area contributed by atoms with Gasteiger partial charge in [-0.15, -0.1) is 0 Å². The summed E-state index contributed by atoms with van der Waals surface area (Å²) in [5.41, 5.74) is -0.788. The van der Waals surface area contributed by atoms with Crippen LogP contribution in [-0.4, -0.2) is 81.4 Å². The summed E-state index contributed by atoms with van der Waals surface area (Å²) < 4.78 is 61.3. The third kappa shape index (κ3) is 6.16. The molecule has 2 saturated heterocycles. The monoisotopic (exact) mass is 541 g/mol. The van der Waals surface area contributed by atoms with Crippen LogP contribution in [0.5, 0.6) is 5.75 Å². The van der Waals surface area contributed by atoms with E-state index < -0.39 is 27.1 Å². The number of halogens is 3. The van der Waals surface area contributed by atoms with Crippen LogP contribution in [0.3, 0.4) is 0 Å². The van der Waals surface area contributed by atoms with Crippen LogP contribution in [0.25, 0.3) is 0 Å². The minimum Gasteiger partial charge on any atom is -0.493 e. The Hall–Kier alpha value is -2.27. The Balaban J connectivity index is 1.58. The van der Waals surface area contributed by atoms with Gasteiger partial charge in [0.15, 0.2) is 11.6 Å². The molecule has 0 aliphatic carbocycles. The molecule has 2 aliphatic rings. The zero-order valence-electron chi connectivity index (χ0n) is 20.1. The summed E-state index contributed by atoms with van der Waals surface area (Å²) in [5, 5.41) is 0.559. The van der Waals surface area contributed by atoms with Gasteiger partial charge in [-0.2, -0.15) is 4.31 Å². The molecule has 2 fully saturated rings. The van der Waals surface area contributed by atoms with Gasteiger partial charge in [0, 0.05) is 56.1 Å². The topological polar surface area (TPSA) is 70.2 Å². The first-order valence-electron chi connectivity index (χ1n) is 11.9. The zero-order valence-corrected chi connectivity index (χ0v) is 21.7. The van der Waals surface area contributed by atoms with E-state index in [2.05, 4.69) is 4.90 Å². The van der Waals surface area contributed by atoms with Crippen LogP contribution in [0, 0.1) is 17.0 Å². The van der Waals surface area contributed by atoms with Gasteiger partial charge in [-0.3, -0.25) is 4.79 Å². The molecule has 196 valence electrons. The van der Waals surface area contributed by atoms with Crippen molar-refractivity contribution in [1.82, 2.24) is 14.1 Å². The Morgan fingerprint density at radius 2 is 1.72 bits per heavy atom. The van der Waals surface area contributed by atoms with E-state index in [0.29, 0.717) is 42.8 Å². The second kappa shape index (κ2) is 11.0. The fraction of sp³-hybridized carbons (Fsp3) is 0.480. The van der Waals surface area contributed by atoms with Gasteiger partial charge in [-0.1, -0.05) is 11.6 Å². The molecule has 0 aromatic heterocycles. The van der Waals surface area contributed by atoms with E-state index >= 15 is 0 Å². The molecule has 0 saturated carbocycles. The average molecular weight is 542 g/mol.